The number of amides is 1. The first-order valence-electron chi connectivity index (χ1n) is 5.99. The molecule has 94 valence electrons. The smallest absolute Gasteiger partial charge is 0.294 e. The minimum absolute atomic E-state index is 0.0738. The van der Waals surface area contributed by atoms with Crippen molar-refractivity contribution < 1.29 is 4.79 Å². The maximum absolute atomic E-state index is 12.4. The number of hydrogen-bond acceptors (Lipinski definition) is 4. The van der Waals surface area contributed by atoms with Crippen molar-refractivity contribution in [3.05, 3.63) is 34.0 Å². The number of hydrogen-bond donors (Lipinski definition) is 1. The third kappa shape index (κ3) is 1.92. The van der Waals surface area contributed by atoms with Gasteiger partial charge in [0, 0.05) is 11.4 Å². The van der Waals surface area contributed by atoms with Crippen molar-refractivity contribution >= 4 is 17.2 Å². The molecule has 0 bridgehead atoms. The molecule has 1 fully saturated rings. The molecule has 0 spiro atoms. The third-order valence-electron chi connectivity index (χ3n) is 3.17. The van der Waals surface area contributed by atoms with Gasteiger partial charge in [-0.2, -0.15) is 0 Å². The molecule has 18 heavy (non-hydrogen) atoms. The normalized spacial score (nSPS) is 19.4. The summed E-state index contributed by atoms with van der Waals surface area (Å²) < 4.78 is 0. The Bertz CT molecular complexity index is 548. The maximum Gasteiger partial charge on any atom is 0.294 e. The van der Waals surface area contributed by atoms with Gasteiger partial charge in [-0.05, 0) is 31.2 Å². The molecular weight excluding hydrogens is 248 g/mol. The number of aromatic amines is 1. The van der Waals surface area contributed by atoms with Crippen LogP contribution in [0.5, 0.6) is 0 Å². The fourth-order valence-electron chi connectivity index (χ4n) is 2.35. The summed E-state index contributed by atoms with van der Waals surface area (Å²) in [7, 11) is 0. The number of aryl methyl sites for hydroxylation is 1. The molecule has 1 N–H and O–H groups in total. The van der Waals surface area contributed by atoms with E-state index in [1.807, 2.05) is 16.3 Å². The molecule has 0 aliphatic carbocycles. The van der Waals surface area contributed by atoms with Crippen molar-refractivity contribution in [1.82, 2.24) is 20.1 Å². The van der Waals surface area contributed by atoms with Crippen LogP contribution in [0.1, 0.15) is 40.2 Å². The summed E-state index contributed by atoms with van der Waals surface area (Å²) >= 11 is 1.70. The second-order valence-electron chi connectivity index (χ2n) is 4.42. The van der Waals surface area contributed by atoms with Crippen molar-refractivity contribution in [1.29, 1.82) is 0 Å². The first-order valence-corrected chi connectivity index (χ1v) is 6.87. The number of likely N-dealkylation sites (tertiary alicyclic amines) is 1. The highest BCUT2D eigenvalue weighted by molar-refractivity contribution is 7.10. The monoisotopic (exact) mass is 262 g/mol. The summed E-state index contributed by atoms with van der Waals surface area (Å²) in [4.78, 5) is 19.6. The van der Waals surface area contributed by atoms with Crippen molar-refractivity contribution in [2.75, 3.05) is 6.54 Å². The fourth-order valence-corrected chi connectivity index (χ4v) is 3.23. The number of nitrogens with zero attached hydrogens (tertiary/aromatic N) is 3. The molecule has 3 heterocycles. The van der Waals surface area contributed by atoms with Gasteiger partial charge >= 0.3 is 0 Å². The van der Waals surface area contributed by atoms with Crippen LogP contribution in [0.2, 0.25) is 0 Å². The molecule has 2 aromatic rings. The summed E-state index contributed by atoms with van der Waals surface area (Å²) in [6.07, 6.45) is 2.06. The van der Waals surface area contributed by atoms with E-state index in [2.05, 4.69) is 21.2 Å². The lowest BCUT2D eigenvalue weighted by molar-refractivity contribution is 0.0726. The van der Waals surface area contributed by atoms with E-state index in [9.17, 15) is 4.79 Å². The van der Waals surface area contributed by atoms with Crippen LogP contribution in [-0.4, -0.2) is 32.5 Å². The largest absolute Gasteiger partial charge is 0.328 e. The molecule has 5 nitrogen and oxygen atoms in total. The van der Waals surface area contributed by atoms with E-state index >= 15 is 0 Å². The number of thiophene rings is 1. The van der Waals surface area contributed by atoms with Gasteiger partial charge in [0.1, 0.15) is 5.82 Å². The Morgan fingerprint density at radius 1 is 1.61 bits per heavy atom. The first-order chi connectivity index (χ1) is 8.75. The van der Waals surface area contributed by atoms with E-state index in [0.717, 1.165) is 19.4 Å². The van der Waals surface area contributed by atoms with Crippen LogP contribution in [0.3, 0.4) is 0 Å². The molecular formula is C12H14N4OS. The fraction of sp³-hybridized carbons (Fsp3) is 0.417. The number of nitrogens with one attached hydrogen (secondary N) is 1. The second-order valence-corrected chi connectivity index (χ2v) is 5.40. The summed E-state index contributed by atoms with van der Waals surface area (Å²) in [5, 5.41) is 8.72. The van der Waals surface area contributed by atoms with E-state index in [1.165, 1.54) is 4.88 Å². The van der Waals surface area contributed by atoms with Crippen molar-refractivity contribution in [2.45, 2.75) is 25.8 Å². The Morgan fingerprint density at radius 2 is 2.50 bits per heavy atom. The van der Waals surface area contributed by atoms with Gasteiger partial charge in [-0.15, -0.1) is 16.4 Å². The Morgan fingerprint density at radius 3 is 3.17 bits per heavy atom. The Balaban J connectivity index is 1.85. The highest BCUT2D eigenvalue weighted by atomic mass is 32.1. The standard InChI is InChI=1S/C12H14N4OS/c1-8-13-11(15-14-8)12(17)16-6-2-4-9(16)10-5-3-7-18-10/h3,5,7,9H,2,4,6H2,1H3,(H,13,14,15). The van der Waals surface area contributed by atoms with E-state index in [1.54, 1.807) is 18.3 Å². The van der Waals surface area contributed by atoms with Gasteiger partial charge in [0.05, 0.1) is 6.04 Å². The van der Waals surface area contributed by atoms with Crippen LogP contribution >= 0.6 is 11.3 Å². The van der Waals surface area contributed by atoms with Crippen molar-refractivity contribution in [2.24, 2.45) is 0 Å². The predicted molar refractivity (Wildman–Crippen MR) is 68.5 cm³/mol. The van der Waals surface area contributed by atoms with Gasteiger partial charge < -0.3 is 4.90 Å². The van der Waals surface area contributed by atoms with Crippen LogP contribution in [-0.2, 0) is 0 Å². The average molecular weight is 262 g/mol. The maximum atomic E-state index is 12.4. The van der Waals surface area contributed by atoms with Gasteiger partial charge in [0.2, 0.25) is 5.82 Å². The lowest BCUT2D eigenvalue weighted by Gasteiger charge is -2.22. The molecule has 3 rings (SSSR count). The Hall–Kier alpha value is -1.69. The quantitative estimate of drug-likeness (QED) is 0.902. The molecule has 0 radical (unpaired) electrons. The molecule has 2 aromatic heterocycles. The minimum Gasteiger partial charge on any atom is -0.328 e. The zero-order chi connectivity index (χ0) is 12.5. The van der Waals surface area contributed by atoms with Crippen LogP contribution < -0.4 is 0 Å². The lowest BCUT2D eigenvalue weighted by Crippen LogP contribution is -2.31. The van der Waals surface area contributed by atoms with Crippen LogP contribution in [0.15, 0.2) is 17.5 Å². The minimum atomic E-state index is -0.0738. The van der Waals surface area contributed by atoms with E-state index in [4.69, 9.17) is 0 Å². The molecule has 1 amide bonds. The Kier molecular flexibility index (Phi) is 2.87. The zero-order valence-electron chi connectivity index (χ0n) is 10.1. The van der Waals surface area contributed by atoms with Crippen LogP contribution in [0.25, 0.3) is 0 Å². The number of carbonyl (C=O) groups excluding carboxylic acids is 1. The van der Waals surface area contributed by atoms with Gasteiger partial charge in [-0.25, -0.2) is 4.98 Å². The summed E-state index contributed by atoms with van der Waals surface area (Å²) in [5.41, 5.74) is 0. The Labute approximate surface area is 109 Å². The highest BCUT2D eigenvalue weighted by Crippen LogP contribution is 2.34. The van der Waals surface area contributed by atoms with Gasteiger partial charge in [-0.1, -0.05) is 6.07 Å². The van der Waals surface area contributed by atoms with Gasteiger partial charge in [-0.3, -0.25) is 9.89 Å². The van der Waals surface area contributed by atoms with E-state index in [-0.39, 0.29) is 17.8 Å². The number of H-pyrrole nitrogens is 1. The SMILES string of the molecule is Cc1nc(C(=O)N2CCCC2c2cccs2)n[nH]1. The van der Waals surface area contributed by atoms with Gasteiger partial charge in [0.15, 0.2) is 0 Å². The van der Waals surface area contributed by atoms with Crippen molar-refractivity contribution in [3.63, 3.8) is 0 Å². The van der Waals surface area contributed by atoms with Crippen molar-refractivity contribution in [3.8, 4) is 0 Å². The van der Waals surface area contributed by atoms with Gasteiger partial charge in [0.25, 0.3) is 5.91 Å². The molecule has 1 aliphatic heterocycles. The topological polar surface area (TPSA) is 61.9 Å². The number of aromatic nitrogens is 3. The molecule has 0 saturated carbocycles. The average Bonchev–Trinajstić information content (AvgIpc) is 3.08. The first kappa shape index (κ1) is 11.4. The zero-order valence-corrected chi connectivity index (χ0v) is 10.9. The second kappa shape index (κ2) is 4.53. The summed E-state index contributed by atoms with van der Waals surface area (Å²) in [5.74, 6) is 0.872. The lowest BCUT2D eigenvalue weighted by atomic mass is 10.2. The van der Waals surface area contributed by atoms with E-state index in [0.29, 0.717) is 5.82 Å². The molecule has 1 atom stereocenters. The van der Waals surface area contributed by atoms with Crippen LogP contribution in [0, 0.1) is 6.92 Å². The molecule has 1 unspecified atom stereocenters. The predicted octanol–water partition coefficient (Wildman–Crippen LogP) is 2.15. The highest BCUT2D eigenvalue weighted by Gasteiger charge is 2.32. The molecule has 6 heteroatoms. The molecule has 0 aromatic carbocycles. The number of carbonyl (C=O) groups is 1. The van der Waals surface area contributed by atoms with E-state index < -0.39 is 0 Å². The third-order valence-corrected chi connectivity index (χ3v) is 4.15. The van der Waals surface area contributed by atoms with Crippen LogP contribution in [0.4, 0.5) is 0 Å². The summed E-state index contributed by atoms with van der Waals surface area (Å²) in [6.45, 7) is 2.58. The molecule has 1 aliphatic rings. The molecule has 1 saturated heterocycles. The number of rotatable bonds is 2. The summed E-state index contributed by atoms with van der Waals surface area (Å²) in [6, 6.07) is 4.30.